The Hall–Kier alpha value is -0.900. The lowest BCUT2D eigenvalue weighted by Crippen LogP contribution is -2.44. The maximum atomic E-state index is 10.2. The van der Waals surface area contributed by atoms with E-state index < -0.39 is 6.10 Å². The van der Waals surface area contributed by atoms with Crippen LogP contribution in [0.2, 0.25) is 0 Å². The smallest absolute Gasteiger partial charge is 0.0956 e. The van der Waals surface area contributed by atoms with Crippen LogP contribution in [0.25, 0.3) is 0 Å². The quantitative estimate of drug-likeness (QED) is 0.586. The van der Waals surface area contributed by atoms with Gasteiger partial charge in [-0.2, -0.15) is 0 Å². The molecule has 3 nitrogen and oxygen atoms in total. The van der Waals surface area contributed by atoms with Crippen LogP contribution in [-0.2, 0) is 0 Å². The normalized spacial score (nSPS) is 19.8. The molecule has 0 radical (unpaired) electrons. The molecule has 88 valence electrons. The lowest BCUT2D eigenvalue weighted by Gasteiger charge is -2.28. The molecule has 1 saturated carbocycles. The van der Waals surface area contributed by atoms with Crippen LogP contribution >= 0.6 is 0 Å². The Kier molecular flexibility index (Phi) is 3.59. The van der Waals surface area contributed by atoms with Crippen molar-refractivity contribution in [2.45, 2.75) is 31.9 Å². The number of hydrogen-bond acceptors (Lipinski definition) is 3. The van der Waals surface area contributed by atoms with Gasteiger partial charge in [-0.15, -0.1) is 0 Å². The van der Waals surface area contributed by atoms with E-state index in [0.717, 1.165) is 18.0 Å². The number of hydrogen-bond donors (Lipinski definition) is 2. The van der Waals surface area contributed by atoms with Crippen LogP contribution in [0.15, 0.2) is 30.3 Å². The van der Waals surface area contributed by atoms with E-state index in [4.69, 9.17) is 5.84 Å². The first-order chi connectivity index (χ1) is 7.68. The second-order valence-corrected chi connectivity index (χ2v) is 4.74. The molecule has 0 unspecified atom stereocenters. The maximum absolute atomic E-state index is 10.2. The van der Waals surface area contributed by atoms with Crippen LogP contribution in [0.5, 0.6) is 0 Å². The summed E-state index contributed by atoms with van der Waals surface area (Å²) in [6, 6.07) is 9.66. The molecular formula is C13H20N2O. The Balaban J connectivity index is 1.94. The van der Waals surface area contributed by atoms with Gasteiger partial charge in [0.1, 0.15) is 0 Å². The zero-order valence-electron chi connectivity index (χ0n) is 9.71. The van der Waals surface area contributed by atoms with Crippen LogP contribution < -0.4 is 5.84 Å². The highest BCUT2D eigenvalue weighted by Crippen LogP contribution is 2.30. The van der Waals surface area contributed by atoms with E-state index in [0.29, 0.717) is 0 Å². The Labute approximate surface area is 96.8 Å². The van der Waals surface area contributed by atoms with Crippen molar-refractivity contribution in [1.29, 1.82) is 0 Å². The fraction of sp³-hybridized carbons (Fsp3) is 0.538. The molecule has 3 N–H and O–H groups in total. The van der Waals surface area contributed by atoms with Gasteiger partial charge in [-0.1, -0.05) is 30.3 Å². The molecule has 2 atom stereocenters. The van der Waals surface area contributed by atoms with E-state index in [1.807, 2.05) is 37.3 Å². The van der Waals surface area contributed by atoms with Crippen molar-refractivity contribution in [2.24, 2.45) is 11.8 Å². The molecular weight excluding hydrogens is 200 g/mol. The SMILES string of the molecule is C[C@H]([C@@H](O)c1ccccc1)N(N)CC1CC1. The van der Waals surface area contributed by atoms with Crippen molar-refractivity contribution >= 4 is 0 Å². The van der Waals surface area contributed by atoms with Gasteiger partial charge in [-0.25, -0.2) is 5.01 Å². The van der Waals surface area contributed by atoms with E-state index in [2.05, 4.69) is 0 Å². The van der Waals surface area contributed by atoms with Gasteiger partial charge < -0.3 is 5.11 Å². The van der Waals surface area contributed by atoms with Gasteiger partial charge in [0.05, 0.1) is 12.1 Å². The number of benzene rings is 1. The summed E-state index contributed by atoms with van der Waals surface area (Å²) in [6.45, 7) is 2.87. The van der Waals surface area contributed by atoms with Crippen molar-refractivity contribution < 1.29 is 5.11 Å². The first-order valence-electron chi connectivity index (χ1n) is 5.93. The third-order valence-corrected chi connectivity index (χ3v) is 3.29. The summed E-state index contributed by atoms with van der Waals surface area (Å²) in [5.41, 5.74) is 0.932. The standard InChI is InChI=1S/C13H20N2O/c1-10(15(14)9-11-7-8-11)13(16)12-5-3-2-4-6-12/h2-6,10-11,13,16H,7-9,14H2,1H3/t10-,13-/m1/s1. The first-order valence-corrected chi connectivity index (χ1v) is 5.93. The fourth-order valence-electron chi connectivity index (χ4n) is 1.87. The predicted molar refractivity (Wildman–Crippen MR) is 64.5 cm³/mol. The van der Waals surface area contributed by atoms with Crippen LogP contribution in [0.4, 0.5) is 0 Å². The lowest BCUT2D eigenvalue weighted by atomic mass is 10.0. The molecule has 16 heavy (non-hydrogen) atoms. The van der Waals surface area contributed by atoms with E-state index in [1.165, 1.54) is 12.8 Å². The first kappa shape index (κ1) is 11.6. The third kappa shape index (κ3) is 2.82. The van der Waals surface area contributed by atoms with Gasteiger partial charge in [0.2, 0.25) is 0 Å². The van der Waals surface area contributed by atoms with Crippen LogP contribution in [0, 0.1) is 5.92 Å². The molecule has 1 fully saturated rings. The van der Waals surface area contributed by atoms with Crippen LogP contribution in [0.1, 0.15) is 31.4 Å². The van der Waals surface area contributed by atoms with E-state index in [9.17, 15) is 5.11 Å². The summed E-state index contributed by atoms with van der Waals surface area (Å²) in [5.74, 6) is 6.72. The monoisotopic (exact) mass is 220 g/mol. The molecule has 0 saturated heterocycles. The molecule has 0 aromatic heterocycles. The van der Waals surface area contributed by atoms with Gasteiger partial charge in [0, 0.05) is 6.54 Å². The summed E-state index contributed by atoms with van der Waals surface area (Å²) >= 11 is 0. The van der Waals surface area contributed by atoms with E-state index >= 15 is 0 Å². The number of nitrogens with two attached hydrogens (primary N) is 1. The van der Waals surface area contributed by atoms with Gasteiger partial charge in [0.15, 0.2) is 0 Å². The van der Waals surface area contributed by atoms with Gasteiger partial charge >= 0.3 is 0 Å². The minimum Gasteiger partial charge on any atom is -0.387 e. The zero-order chi connectivity index (χ0) is 11.5. The van der Waals surface area contributed by atoms with Crippen molar-refractivity contribution in [3.05, 3.63) is 35.9 Å². The summed E-state index contributed by atoms with van der Waals surface area (Å²) < 4.78 is 0. The minimum absolute atomic E-state index is 0.0389. The van der Waals surface area contributed by atoms with Gasteiger partial charge in [0.25, 0.3) is 0 Å². The molecule has 1 aliphatic rings. The average Bonchev–Trinajstić information content (AvgIpc) is 3.12. The molecule has 0 spiro atoms. The van der Waals surface area contributed by atoms with Gasteiger partial charge in [-0.3, -0.25) is 5.84 Å². The van der Waals surface area contributed by atoms with Crippen molar-refractivity contribution in [3.8, 4) is 0 Å². The Bertz CT molecular complexity index is 324. The number of rotatable bonds is 5. The molecule has 0 bridgehead atoms. The van der Waals surface area contributed by atoms with E-state index in [1.54, 1.807) is 5.01 Å². The fourth-order valence-corrected chi connectivity index (χ4v) is 1.87. The van der Waals surface area contributed by atoms with E-state index in [-0.39, 0.29) is 6.04 Å². The third-order valence-electron chi connectivity index (χ3n) is 3.29. The minimum atomic E-state index is -0.509. The number of aliphatic hydroxyl groups is 1. The highest BCUT2D eigenvalue weighted by atomic mass is 16.3. The number of nitrogens with zero attached hydrogens (tertiary/aromatic N) is 1. The van der Waals surface area contributed by atoms with Crippen molar-refractivity contribution in [3.63, 3.8) is 0 Å². The summed E-state index contributed by atoms with van der Waals surface area (Å²) in [6.07, 6.45) is 2.05. The predicted octanol–water partition coefficient (Wildman–Crippen LogP) is 1.69. The maximum Gasteiger partial charge on any atom is 0.0956 e. The molecule has 1 aromatic rings. The molecule has 0 heterocycles. The topological polar surface area (TPSA) is 49.5 Å². The summed E-state index contributed by atoms with van der Waals surface area (Å²) in [4.78, 5) is 0. The molecule has 0 amide bonds. The second-order valence-electron chi connectivity index (χ2n) is 4.74. The second kappa shape index (κ2) is 4.95. The average molecular weight is 220 g/mol. The van der Waals surface area contributed by atoms with Crippen molar-refractivity contribution in [2.75, 3.05) is 6.54 Å². The highest BCUT2D eigenvalue weighted by Gasteiger charge is 2.28. The Morgan fingerprint density at radius 3 is 2.56 bits per heavy atom. The molecule has 3 heteroatoms. The molecule has 0 aliphatic heterocycles. The molecule has 2 rings (SSSR count). The van der Waals surface area contributed by atoms with Gasteiger partial charge in [-0.05, 0) is 31.2 Å². The van der Waals surface area contributed by atoms with Crippen LogP contribution in [-0.4, -0.2) is 22.7 Å². The zero-order valence-corrected chi connectivity index (χ0v) is 9.71. The largest absolute Gasteiger partial charge is 0.387 e. The Morgan fingerprint density at radius 1 is 1.38 bits per heavy atom. The highest BCUT2D eigenvalue weighted by molar-refractivity contribution is 5.18. The molecule has 1 aromatic carbocycles. The molecule has 1 aliphatic carbocycles. The van der Waals surface area contributed by atoms with Crippen LogP contribution in [0.3, 0.4) is 0 Å². The lowest BCUT2D eigenvalue weighted by molar-refractivity contribution is 0.0549. The summed E-state index contributed by atoms with van der Waals surface area (Å²) in [7, 11) is 0. The Morgan fingerprint density at radius 2 is 2.00 bits per heavy atom. The summed E-state index contributed by atoms with van der Waals surface area (Å²) in [5, 5.41) is 11.9. The number of aliphatic hydroxyl groups excluding tert-OH is 1. The van der Waals surface area contributed by atoms with Crippen molar-refractivity contribution in [1.82, 2.24) is 5.01 Å². The number of hydrazine groups is 1.